The van der Waals surface area contributed by atoms with E-state index in [-0.39, 0.29) is 23.4 Å². The third-order valence-electron chi connectivity index (χ3n) is 5.14. The van der Waals surface area contributed by atoms with Crippen LogP contribution in [0, 0.1) is 6.92 Å². The Bertz CT molecular complexity index is 838. The van der Waals surface area contributed by atoms with E-state index in [0.29, 0.717) is 16.9 Å². The highest BCUT2D eigenvalue weighted by atomic mass is 16.1. The molecule has 4 rings (SSSR count). The molecule has 1 aromatic carbocycles. The number of benzene rings is 1. The Kier molecular flexibility index (Phi) is 3.33. The van der Waals surface area contributed by atoms with Gasteiger partial charge in [0.1, 0.15) is 5.82 Å². The first kappa shape index (κ1) is 14.2. The molecule has 2 aliphatic rings. The molecule has 0 unspecified atom stereocenters. The lowest BCUT2D eigenvalue weighted by atomic mass is 9.91. The van der Waals surface area contributed by atoms with E-state index in [1.54, 1.807) is 6.07 Å². The number of anilines is 1. The van der Waals surface area contributed by atoms with E-state index in [0.717, 1.165) is 24.8 Å². The van der Waals surface area contributed by atoms with Crippen molar-refractivity contribution in [2.45, 2.75) is 44.7 Å². The van der Waals surface area contributed by atoms with Crippen LogP contribution in [0.4, 0.5) is 5.82 Å². The fourth-order valence-corrected chi connectivity index (χ4v) is 3.95. The van der Waals surface area contributed by atoms with E-state index in [4.69, 9.17) is 0 Å². The second kappa shape index (κ2) is 5.37. The number of hydrogen-bond acceptors (Lipinski definition) is 3. The second-order valence-corrected chi connectivity index (χ2v) is 6.55. The van der Waals surface area contributed by atoms with Gasteiger partial charge in [-0.2, -0.15) is 0 Å². The summed E-state index contributed by atoms with van der Waals surface area (Å²) >= 11 is 0. The third-order valence-corrected chi connectivity index (χ3v) is 5.14. The molecule has 0 bridgehead atoms. The summed E-state index contributed by atoms with van der Waals surface area (Å²) in [6, 6.07) is 11.3. The summed E-state index contributed by atoms with van der Waals surface area (Å²) < 4.78 is 1.81. The molecule has 4 nitrogen and oxygen atoms in total. The monoisotopic (exact) mass is 308 g/mol. The Morgan fingerprint density at radius 1 is 1.09 bits per heavy atom. The molecule has 23 heavy (non-hydrogen) atoms. The smallest absolute Gasteiger partial charge is 0.252 e. The van der Waals surface area contributed by atoms with Crippen LogP contribution in [0.25, 0.3) is 0 Å². The predicted octanol–water partition coefficient (Wildman–Crippen LogP) is 3.30. The van der Waals surface area contributed by atoms with Gasteiger partial charge in [-0.25, -0.2) is 0 Å². The van der Waals surface area contributed by atoms with Crippen LogP contribution in [0.2, 0.25) is 0 Å². The maximum absolute atomic E-state index is 13.0. The van der Waals surface area contributed by atoms with E-state index in [1.165, 1.54) is 12.5 Å². The Balaban J connectivity index is 1.83. The number of nitrogens with one attached hydrogen (secondary N) is 1. The van der Waals surface area contributed by atoms with Crippen molar-refractivity contribution in [2.24, 2.45) is 0 Å². The van der Waals surface area contributed by atoms with Gasteiger partial charge < -0.3 is 5.32 Å². The Labute approximate surface area is 135 Å². The van der Waals surface area contributed by atoms with E-state index >= 15 is 0 Å². The highest BCUT2D eigenvalue weighted by Gasteiger charge is 2.36. The number of carbonyl (C=O) groups excluding carboxylic acids is 1. The molecule has 0 amide bonds. The Morgan fingerprint density at radius 2 is 1.87 bits per heavy atom. The van der Waals surface area contributed by atoms with Gasteiger partial charge in [0.15, 0.2) is 5.78 Å². The fraction of sp³-hybridized carbons (Fsp3) is 0.368. The minimum atomic E-state index is -0.0157. The summed E-state index contributed by atoms with van der Waals surface area (Å²) in [5, 5.41) is 3.46. The number of hydrogen-bond donors (Lipinski definition) is 1. The summed E-state index contributed by atoms with van der Waals surface area (Å²) in [7, 11) is 0. The second-order valence-electron chi connectivity index (χ2n) is 6.55. The van der Waals surface area contributed by atoms with Crippen LogP contribution in [-0.4, -0.2) is 16.4 Å². The lowest BCUT2D eigenvalue weighted by molar-refractivity contribution is 0.103. The van der Waals surface area contributed by atoms with Crippen molar-refractivity contribution < 1.29 is 4.79 Å². The number of pyridine rings is 1. The standard InChI is InChI=1S/C19H20N2O2/c1-12-6-2-3-7-13(12)18(23)14-10-11-17(22)21-16-9-5-4-8-15(16)20-19(14)21/h2-3,6-7,10-11,15-16,20H,4-5,8-9H2,1H3/t15-,16-/m1/s1. The number of carbonyl (C=O) groups is 1. The van der Waals surface area contributed by atoms with Crippen molar-refractivity contribution in [3.05, 3.63) is 63.4 Å². The topological polar surface area (TPSA) is 51.1 Å². The van der Waals surface area contributed by atoms with Crippen molar-refractivity contribution in [3.63, 3.8) is 0 Å². The highest BCUT2D eigenvalue weighted by Crippen LogP contribution is 2.38. The van der Waals surface area contributed by atoms with E-state index < -0.39 is 0 Å². The van der Waals surface area contributed by atoms with E-state index in [9.17, 15) is 9.59 Å². The molecule has 2 heterocycles. The van der Waals surface area contributed by atoms with Crippen molar-refractivity contribution in [3.8, 4) is 0 Å². The quantitative estimate of drug-likeness (QED) is 0.866. The molecule has 1 aromatic heterocycles. The molecule has 0 spiro atoms. The Morgan fingerprint density at radius 3 is 2.70 bits per heavy atom. The number of aryl methyl sites for hydroxylation is 1. The fourth-order valence-electron chi connectivity index (χ4n) is 3.95. The molecular formula is C19H20N2O2. The molecule has 4 heteroatoms. The molecule has 1 aliphatic heterocycles. The SMILES string of the molecule is Cc1ccccc1C(=O)c1ccc(=O)n2c1N[C@@H]1CCCC[C@H]12. The predicted molar refractivity (Wildman–Crippen MR) is 90.2 cm³/mol. The summed E-state index contributed by atoms with van der Waals surface area (Å²) in [4.78, 5) is 25.3. The number of fused-ring (bicyclic) bond motifs is 3. The number of aromatic nitrogens is 1. The largest absolute Gasteiger partial charge is 0.366 e. The van der Waals surface area contributed by atoms with Crippen LogP contribution in [0.3, 0.4) is 0 Å². The van der Waals surface area contributed by atoms with Crippen LogP contribution in [0.5, 0.6) is 0 Å². The minimum Gasteiger partial charge on any atom is -0.366 e. The first-order valence-corrected chi connectivity index (χ1v) is 8.29. The molecule has 0 saturated heterocycles. The van der Waals surface area contributed by atoms with Crippen LogP contribution in [0.15, 0.2) is 41.2 Å². The average molecular weight is 308 g/mol. The molecular weight excluding hydrogens is 288 g/mol. The summed E-state index contributed by atoms with van der Waals surface area (Å²) in [6.07, 6.45) is 4.39. The zero-order valence-electron chi connectivity index (χ0n) is 13.2. The summed E-state index contributed by atoms with van der Waals surface area (Å²) in [5.74, 6) is 0.695. The first-order chi connectivity index (χ1) is 11.2. The average Bonchev–Trinajstić information content (AvgIpc) is 2.95. The molecule has 0 radical (unpaired) electrons. The number of ketones is 1. The number of rotatable bonds is 2. The van der Waals surface area contributed by atoms with Crippen LogP contribution in [0.1, 0.15) is 53.2 Å². The van der Waals surface area contributed by atoms with Gasteiger partial charge in [-0.1, -0.05) is 37.1 Å². The lowest BCUT2D eigenvalue weighted by Gasteiger charge is -2.25. The molecule has 118 valence electrons. The van der Waals surface area contributed by atoms with Crippen LogP contribution >= 0.6 is 0 Å². The normalized spacial score (nSPS) is 22.1. The lowest BCUT2D eigenvalue weighted by Crippen LogP contribution is -2.29. The zero-order chi connectivity index (χ0) is 16.0. The van der Waals surface area contributed by atoms with E-state index in [2.05, 4.69) is 5.32 Å². The minimum absolute atomic E-state index is 0.0109. The molecule has 1 N–H and O–H groups in total. The van der Waals surface area contributed by atoms with Gasteiger partial charge in [0.2, 0.25) is 0 Å². The van der Waals surface area contributed by atoms with Gasteiger partial charge in [0.25, 0.3) is 5.56 Å². The van der Waals surface area contributed by atoms with Gasteiger partial charge in [-0.15, -0.1) is 0 Å². The molecule has 1 fully saturated rings. The van der Waals surface area contributed by atoms with E-state index in [1.807, 2.05) is 35.8 Å². The zero-order valence-corrected chi connectivity index (χ0v) is 13.2. The molecule has 2 aromatic rings. The molecule has 1 saturated carbocycles. The Hall–Kier alpha value is -2.36. The maximum Gasteiger partial charge on any atom is 0.252 e. The van der Waals surface area contributed by atoms with Crippen molar-refractivity contribution in [2.75, 3.05) is 5.32 Å². The molecule has 2 atom stereocenters. The van der Waals surface area contributed by atoms with Gasteiger partial charge >= 0.3 is 0 Å². The summed E-state index contributed by atoms with van der Waals surface area (Å²) in [6.45, 7) is 1.94. The number of nitrogens with zero attached hydrogens (tertiary/aromatic N) is 1. The summed E-state index contributed by atoms with van der Waals surface area (Å²) in [5.41, 5.74) is 2.25. The molecule has 1 aliphatic carbocycles. The van der Waals surface area contributed by atoms with Gasteiger partial charge in [-0.3, -0.25) is 14.2 Å². The van der Waals surface area contributed by atoms with Crippen LogP contribution < -0.4 is 10.9 Å². The first-order valence-electron chi connectivity index (χ1n) is 8.29. The van der Waals surface area contributed by atoms with Crippen molar-refractivity contribution in [1.29, 1.82) is 0 Å². The van der Waals surface area contributed by atoms with Gasteiger partial charge in [0, 0.05) is 17.7 Å². The van der Waals surface area contributed by atoms with Gasteiger partial charge in [0.05, 0.1) is 11.6 Å². The third kappa shape index (κ3) is 2.21. The van der Waals surface area contributed by atoms with Gasteiger partial charge in [-0.05, 0) is 31.4 Å². The van der Waals surface area contributed by atoms with Crippen molar-refractivity contribution in [1.82, 2.24) is 4.57 Å². The highest BCUT2D eigenvalue weighted by molar-refractivity contribution is 6.12. The van der Waals surface area contributed by atoms with Crippen molar-refractivity contribution >= 4 is 11.6 Å². The maximum atomic E-state index is 13.0. The van der Waals surface area contributed by atoms with Crippen LogP contribution in [-0.2, 0) is 0 Å².